The minimum atomic E-state index is -4.00. The Morgan fingerprint density at radius 3 is 2.17 bits per heavy atom. The van der Waals surface area contributed by atoms with Crippen molar-refractivity contribution in [3.05, 3.63) is 15.4 Å². The van der Waals surface area contributed by atoms with Crippen molar-refractivity contribution < 1.29 is 18.0 Å². The molecule has 1 aromatic heterocycles. The summed E-state index contributed by atoms with van der Waals surface area (Å²) in [6, 6.07) is 0. The fraction of sp³-hybridized carbons (Fsp3) is 0.375. The zero-order chi connectivity index (χ0) is 13.5. The summed E-state index contributed by atoms with van der Waals surface area (Å²) in [5.74, 6) is -1.37. The summed E-state index contributed by atoms with van der Waals surface area (Å²) in [7, 11) is -4.00. The Labute approximate surface area is 106 Å². The third-order valence-corrected chi connectivity index (χ3v) is 5.65. The molecule has 0 aliphatic carbocycles. The summed E-state index contributed by atoms with van der Waals surface area (Å²) < 4.78 is 24.9. The number of imide groups is 1. The van der Waals surface area contributed by atoms with Crippen molar-refractivity contribution in [2.75, 3.05) is 13.1 Å². The van der Waals surface area contributed by atoms with Crippen LogP contribution in [0.2, 0.25) is 0 Å². The molecule has 10 heteroatoms. The molecule has 1 fully saturated rings. The molecule has 1 aliphatic heterocycles. The number of hydrogen-bond acceptors (Lipinski definition) is 6. The number of nitrogens with zero attached hydrogens (tertiary/aromatic N) is 1. The zero-order valence-electron chi connectivity index (χ0n) is 9.22. The van der Waals surface area contributed by atoms with E-state index in [1.807, 2.05) is 5.32 Å². The van der Waals surface area contributed by atoms with Crippen LogP contribution < -0.4 is 10.2 Å². The number of nitrogens with one attached hydrogen (secondary N) is 2. The van der Waals surface area contributed by atoms with Crippen molar-refractivity contribution in [2.45, 2.75) is 11.1 Å². The van der Waals surface area contributed by atoms with Gasteiger partial charge in [-0.15, -0.1) is 0 Å². The van der Waals surface area contributed by atoms with E-state index in [1.54, 1.807) is 0 Å². The highest BCUT2D eigenvalue weighted by Crippen LogP contribution is 2.21. The lowest BCUT2D eigenvalue weighted by Gasteiger charge is -2.24. The first kappa shape index (κ1) is 12.9. The highest BCUT2D eigenvalue weighted by molar-refractivity contribution is 7.91. The van der Waals surface area contributed by atoms with Gasteiger partial charge in [0.1, 0.15) is 0 Å². The van der Waals surface area contributed by atoms with Gasteiger partial charge in [0.05, 0.1) is 13.1 Å². The maximum atomic E-state index is 12.2. The van der Waals surface area contributed by atoms with Gasteiger partial charge in [-0.05, 0) is 6.92 Å². The topological polar surface area (TPSA) is 116 Å². The molecule has 1 aliphatic rings. The largest absolute Gasteiger partial charge is 0.315 e. The van der Waals surface area contributed by atoms with Gasteiger partial charge in [-0.3, -0.25) is 19.7 Å². The first-order valence-corrected chi connectivity index (χ1v) is 7.09. The highest BCUT2D eigenvalue weighted by Gasteiger charge is 2.35. The van der Waals surface area contributed by atoms with Crippen LogP contribution in [0.1, 0.15) is 5.69 Å². The van der Waals surface area contributed by atoms with E-state index >= 15 is 0 Å². The lowest BCUT2D eigenvalue weighted by atomic mass is 10.4. The number of sulfonamides is 1. The van der Waals surface area contributed by atoms with Crippen LogP contribution in [0, 0.1) is 6.92 Å². The van der Waals surface area contributed by atoms with Crippen molar-refractivity contribution in [3.63, 3.8) is 0 Å². The normalized spacial score (nSPS) is 17.8. The molecule has 0 unspecified atom stereocenters. The number of carbonyl (C=O) groups excluding carboxylic acids is 2. The molecule has 0 atom stereocenters. The van der Waals surface area contributed by atoms with Crippen LogP contribution in [0.5, 0.6) is 0 Å². The van der Waals surface area contributed by atoms with Gasteiger partial charge < -0.3 is 4.98 Å². The molecular weight excluding hydrogens is 282 g/mol. The zero-order valence-corrected chi connectivity index (χ0v) is 10.9. The molecule has 1 aromatic rings. The molecule has 2 N–H and O–H groups in total. The lowest BCUT2D eigenvalue weighted by Crippen LogP contribution is -2.53. The van der Waals surface area contributed by atoms with Gasteiger partial charge in [-0.1, -0.05) is 11.3 Å². The number of aromatic nitrogens is 1. The number of aromatic amines is 1. The van der Waals surface area contributed by atoms with Gasteiger partial charge in [-0.2, -0.15) is 4.31 Å². The van der Waals surface area contributed by atoms with Gasteiger partial charge in [0, 0.05) is 5.69 Å². The Balaban J connectivity index is 2.43. The SMILES string of the molecule is Cc1[nH]c(=O)sc1S(=O)(=O)N1CC(=O)NC(=O)C1. The van der Waals surface area contributed by atoms with Gasteiger partial charge in [0.25, 0.3) is 10.0 Å². The number of piperazine rings is 1. The molecule has 0 aromatic carbocycles. The Kier molecular flexibility index (Phi) is 3.09. The summed E-state index contributed by atoms with van der Waals surface area (Å²) in [4.78, 5) is 35.2. The minimum absolute atomic E-state index is 0.171. The van der Waals surface area contributed by atoms with Crippen molar-refractivity contribution in [1.29, 1.82) is 0 Å². The molecule has 98 valence electrons. The Hall–Kier alpha value is -1.52. The van der Waals surface area contributed by atoms with Crippen LogP contribution >= 0.6 is 11.3 Å². The molecule has 2 heterocycles. The van der Waals surface area contributed by atoms with Crippen LogP contribution in [0.25, 0.3) is 0 Å². The first-order chi connectivity index (χ1) is 8.30. The molecule has 0 radical (unpaired) electrons. The summed E-state index contributed by atoms with van der Waals surface area (Å²) in [5.41, 5.74) is 0.198. The standard InChI is InChI=1S/C8H9N3O5S2/c1-4-7(17-8(14)9-4)18(15,16)11-2-5(12)10-6(13)3-11/h2-3H2,1H3,(H,9,14)(H,10,12,13). The van der Waals surface area contributed by atoms with E-state index in [-0.39, 0.29) is 9.90 Å². The van der Waals surface area contributed by atoms with Crippen LogP contribution in [-0.4, -0.2) is 42.6 Å². The lowest BCUT2D eigenvalue weighted by molar-refractivity contribution is -0.134. The molecular formula is C8H9N3O5S2. The van der Waals surface area contributed by atoms with E-state index in [4.69, 9.17) is 0 Å². The predicted octanol–water partition coefficient (Wildman–Crippen LogP) is -1.61. The molecule has 8 nitrogen and oxygen atoms in total. The molecule has 2 amide bonds. The molecule has 0 saturated carbocycles. The average molecular weight is 291 g/mol. The average Bonchev–Trinajstić information content (AvgIpc) is 2.57. The van der Waals surface area contributed by atoms with Crippen molar-refractivity contribution >= 4 is 33.2 Å². The summed E-state index contributed by atoms with van der Waals surface area (Å²) >= 11 is 0.534. The van der Waals surface area contributed by atoms with Crippen LogP contribution in [-0.2, 0) is 19.6 Å². The van der Waals surface area contributed by atoms with Crippen molar-refractivity contribution in [1.82, 2.24) is 14.6 Å². The number of H-pyrrole nitrogens is 1. The number of rotatable bonds is 2. The molecule has 1 saturated heterocycles. The number of aryl methyl sites for hydroxylation is 1. The highest BCUT2D eigenvalue weighted by atomic mass is 32.2. The number of hydrogen-bond donors (Lipinski definition) is 2. The first-order valence-electron chi connectivity index (χ1n) is 4.83. The van der Waals surface area contributed by atoms with Crippen LogP contribution in [0.3, 0.4) is 0 Å². The number of amides is 2. The van der Waals surface area contributed by atoms with E-state index in [2.05, 4.69) is 4.98 Å². The van der Waals surface area contributed by atoms with Crippen molar-refractivity contribution in [3.8, 4) is 0 Å². The van der Waals surface area contributed by atoms with Gasteiger partial charge in [0.2, 0.25) is 11.8 Å². The Bertz CT molecular complexity index is 655. The maximum Gasteiger partial charge on any atom is 0.305 e. The van der Waals surface area contributed by atoms with Crippen LogP contribution in [0.4, 0.5) is 0 Å². The Morgan fingerprint density at radius 1 is 1.17 bits per heavy atom. The van der Waals surface area contributed by atoms with Crippen LogP contribution in [0.15, 0.2) is 9.00 Å². The summed E-state index contributed by atoms with van der Waals surface area (Å²) in [6.07, 6.45) is 0. The molecule has 18 heavy (non-hydrogen) atoms. The van der Waals surface area contributed by atoms with E-state index in [9.17, 15) is 22.8 Å². The summed E-state index contributed by atoms with van der Waals surface area (Å²) in [5, 5.41) is 2.00. The van der Waals surface area contributed by atoms with Crippen molar-refractivity contribution in [2.24, 2.45) is 0 Å². The fourth-order valence-electron chi connectivity index (χ4n) is 1.53. The minimum Gasteiger partial charge on any atom is -0.315 e. The van der Waals surface area contributed by atoms with E-state index in [0.29, 0.717) is 11.3 Å². The van der Waals surface area contributed by atoms with Gasteiger partial charge >= 0.3 is 4.87 Å². The monoisotopic (exact) mass is 291 g/mol. The fourth-order valence-corrected chi connectivity index (χ4v) is 4.32. The smallest absolute Gasteiger partial charge is 0.305 e. The second kappa shape index (κ2) is 4.30. The predicted molar refractivity (Wildman–Crippen MR) is 61.6 cm³/mol. The number of thiazole rings is 1. The third kappa shape index (κ3) is 2.21. The quantitative estimate of drug-likeness (QED) is 0.636. The second-order valence-corrected chi connectivity index (χ2v) is 6.79. The maximum absolute atomic E-state index is 12.2. The number of carbonyl (C=O) groups is 2. The van der Waals surface area contributed by atoms with E-state index < -0.39 is 39.8 Å². The Morgan fingerprint density at radius 2 is 1.72 bits per heavy atom. The van der Waals surface area contributed by atoms with Gasteiger partial charge in [0.15, 0.2) is 4.21 Å². The van der Waals surface area contributed by atoms with Gasteiger partial charge in [-0.25, -0.2) is 8.42 Å². The molecule has 0 spiro atoms. The summed E-state index contributed by atoms with van der Waals surface area (Å²) in [6.45, 7) is 0.579. The second-order valence-electron chi connectivity index (χ2n) is 3.67. The van der Waals surface area contributed by atoms with E-state index in [1.165, 1.54) is 6.92 Å². The van der Waals surface area contributed by atoms with E-state index in [0.717, 1.165) is 4.31 Å². The third-order valence-electron chi connectivity index (χ3n) is 2.27. The molecule has 2 rings (SSSR count). The molecule has 0 bridgehead atoms.